The Balaban J connectivity index is 1.98. The first-order valence-corrected chi connectivity index (χ1v) is 7.64. The van der Waals surface area contributed by atoms with Gasteiger partial charge in [0.2, 0.25) is 0 Å². The average molecular weight is 353 g/mol. The molecule has 0 aliphatic carbocycles. The zero-order chi connectivity index (χ0) is 18.7. The molecule has 0 unspecified atom stereocenters. The van der Waals surface area contributed by atoms with Crippen molar-refractivity contribution in [2.75, 3.05) is 5.32 Å². The lowest BCUT2D eigenvalue weighted by Crippen LogP contribution is -2.22. The van der Waals surface area contributed by atoms with Gasteiger partial charge in [-0.2, -0.15) is 0 Å². The number of nitrogens with zero attached hydrogens (tertiary/aromatic N) is 1. The van der Waals surface area contributed by atoms with Gasteiger partial charge in [0.15, 0.2) is 0 Å². The number of hydrogen-bond donors (Lipinski definition) is 4. The number of hydrogen-bond acceptors (Lipinski definition) is 4. The third kappa shape index (κ3) is 3.55. The Labute approximate surface area is 147 Å². The van der Waals surface area contributed by atoms with Gasteiger partial charge in [-0.15, -0.1) is 0 Å². The third-order valence-corrected chi connectivity index (χ3v) is 3.87. The molecule has 2 aromatic carbocycles. The average Bonchev–Trinajstić information content (AvgIpc) is 2.63. The van der Waals surface area contributed by atoms with Gasteiger partial charge in [-0.3, -0.25) is 20.1 Å². The van der Waals surface area contributed by atoms with Gasteiger partial charge in [0.1, 0.15) is 0 Å². The van der Waals surface area contributed by atoms with Crippen molar-refractivity contribution in [1.29, 1.82) is 0 Å². The van der Waals surface area contributed by atoms with Crippen LogP contribution in [-0.4, -0.2) is 26.9 Å². The summed E-state index contributed by atoms with van der Waals surface area (Å²) in [4.78, 5) is 35.0. The van der Waals surface area contributed by atoms with Crippen LogP contribution in [0.15, 0.2) is 59.5 Å². The monoisotopic (exact) mass is 353 g/mol. The number of rotatable bonds is 4. The van der Waals surface area contributed by atoms with Crippen LogP contribution < -0.4 is 16.4 Å². The highest BCUT2D eigenvalue weighted by Gasteiger charge is 2.09. The number of amides is 2. The Morgan fingerprint density at radius 1 is 1.08 bits per heavy atom. The second-order valence-corrected chi connectivity index (χ2v) is 5.62. The largest absolute Gasteiger partial charge is 0.465 e. The topological polar surface area (TPSA) is 121 Å². The summed E-state index contributed by atoms with van der Waals surface area (Å²) in [5, 5.41) is 20.8. The normalized spacial score (nSPS) is 10.5. The van der Waals surface area contributed by atoms with E-state index in [4.69, 9.17) is 10.3 Å². The zero-order valence-corrected chi connectivity index (χ0v) is 13.5. The second-order valence-electron chi connectivity index (χ2n) is 5.62. The van der Waals surface area contributed by atoms with Crippen LogP contribution in [0.2, 0.25) is 0 Å². The number of carbonyl (C=O) groups excluding carboxylic acids is 1. The smallest absolute Gasteiger partial charge is 0.409 e. The van der Waals surface area contributed by atoms with Crippen molar-refractivity contribution in [3.63, 3.8) is 0 Å². The van der Waals surface area contributed by atoms with Crippen LogP contribution in [0.1, 0.15) is 15.9 Å². The van der Waals surface area contributed by atoms with E-state index in [1.54, 1.807) is 42.6 Å². The molecular weight excluding hydrogens is 338 g/mol. The fraction of sp³-hybridized carbons (Fsp3) is 0.0556. The first-order chi connectivity index (χ1) is 12.5. The molecule has 0 fully saturated rings. The maximum absolute atomic E-state index is 12.7. The lowest BCUT2D eigenvalue weighted by Gasteiger charge is -2.10. The molecular formula is C18H15N3O5. The summed E-state index contributed by atoms with van der Waals surface area (Å²) in [6.07, 6.45) is 0.466. The third-order valence-electron chi connectivity index (χ3n) is 3.87. The summed E-state index contributed by atoms with van der Waals surface area (Å²) in [7, 11) is 0. The number of carbonyl (C=O) groups is 2. The van der Waals surface area contributed by atoms with E-state index in [0.29, 0.717) is 16.5 Å². The molecule has 3 aromatic rings. The molecule has 2 amide bonds. The highest BCUT2D eigenvalue weighted by atomic mass is 16.5. The van der Waals surface area contributed by atoms with Gasteiger partial charge in [-0.1, -0.05) is 18.2 Å². The van der Waals surface area contributed by atoms with Crippen molar-refractivity contribution < 1.29 is 19.9 Å². The van der Waals surface area contributed by atoms with Crippen LogP contribution in [-0.2, 0) is 6.54 Å². The van der Waals surface area contributed by atoms with Crippen molar-refractivity contribution in [1.82, 2.24) is 10.0 Å². The molecule has 1 aromatic heterocycles. The number of hydroxylamine groups is 1. The Hall–Kier alpha value is -3.65. The predicted molar refractivity (Wildman–Crippen MR) is 94.7 cm³/mol. The summed E-state index contributed by atoms with van der Waals surface area (Å²) >= 11 is 0. The van der Waals surface area contributed by atoms with Crippen LogP contribution in [0.5, 0.6) is 0 Å². The Bertz CT molecular complexity index is 1060. The summed E-state index contributed by atoms with van der Waals surface area (Å²) in [5.74, 6) is -0.700. The molecule has 4 N–H and O–H groups in total. The second kappa shape index (κ2) is 7.08. The van der Waals surface area contributed by atoms with Crippen LogP contribution >= 0.6 is 0 Å². The van der Waals surface area contributed by atoms with Gasteiger partial charge in [0.05, 0.1) is 6.54 Å². The summed E-state index contributed by atoms with van der Waals surface area (Å²) in [6, 6.07) is 13.0. The van der Waals surface area contributed by atoms with E-state index in [9.17, 15) is 14.4 Å². The molecule has 0 aliphatic rings. The number of pyridine rings is 1. The highest BCUT2D eigenvalue weighted by molar-refractivity contribution is 5.97. The van der Waals surface area contributed by atoms with Gasteiger partial charge in [0, 0.05) is 22.8 Å². The Morgan fingerprint density at radius 3 is 2.62 bits per heavy atom. The van der Waals surface area contributed by atoms with Gasteiger partial charge in [-0.25, -0.2) is 10.3 Å². The molecule has 0 spiro atoms. The molecule has 0 saturated heterocycles. The molecule has 8 heteroatoms. The Morgan fingerprint density at radius 2 is 1.88 bits per heavy atom. The molecule has 1 heterocycles. The molecule has 0 radical (unpaired) electrons. The lowest BCUT2D eigenvalue weighted by atomic mass is 10.1. The van der Waals surface area contributed by atoms with Gasteiger partial charge in [-0.05, 0) is 41.3 Å². The molecule has 0 saturated carbocycles. The molecule has 0 bridgehead atoms. The van der Waals surface area contributed by atoms with Crippen LogP contribution in [0.25, 0.3) is 10.8 Å². The van der Waals surface area contributed by atoms with Crippen LogP contribution in [0.4, 0.5) is 10.5 Å². The molecule has 3 rings (SSSR count). The van der Waals surface area contributed by atoms with Crippen molar-refractivity contribution in [3.8, 4) is 0 Å². The molecule has 8 nitrogen and oxygen atoms in total. The first-order valence-electron chi connectivity index (χ1n) is 7.64. The van der Waals surface area contributed by atoms with E-state index in [-0.39, 0.29) is 17.7 Å². The van der Waals surface area contributed by atoms with E-state index < -0.39 is 12.0 Å². The van der Waals surface area contributed by atoms with Crippen LogP contribution in [0.3, 0.4) is 0 Å². The molecule has 26 heavy (non-hydrogen) atoms. The summed E-state index contributed by atoms with van der Waals surface area (Å²) in [5.41, 5.74) is 2.55. The number of anilines is 1. The first kappa shape index (κ1) is 17.2. The van der Waals surface area contributed by atoms with E-state index >= 15 is 0 Å². The maximum atomic E-state index is 12.7. The van der Waals surface area contributed by atoms with Crippen molar-refractivity contribution in [3.05, 3.63) is 76.2 Å². The van der Waals surface area contributed by atoms with E-state index in [0.717, 1.165) is 5.56 Å². The summed E-state index contributed by atoms with van der Waals surface area (Å²) < 4.78 is 1.46. The lowest BCUT2D eigenvalue weighted by molar-refractivity contribution is 0.0706. The maximum Gasteiger partial charge on any atom is 0.409 e. The zero-order valence-electron chi connectivity index (χ0n) is 13.5. The predicted octanol–water partition coefficient (Wildman–Crippen LogP) is 2.26. The van der Waals surface area contributed by atoms with Crippen molar-refractivity contribution >= 4 is 28.5 Å². The minimum Gasteiger partial charge on any atom is -0.465 e. The van der Waals surface area contributed by atoms with E-state index in [2.05, 4.69) is 5.32 Å². The van der Waals surface area contributed by atoms with Crippen molar-refractivity contribution in [2.24, 2.45) is 0 Å². The Kier molecular flexibility index (Phi) is 4.68. The SMILES string of the molecule is O=C(O)Nc1cccc(Cn2ccc3ccc(C(=O)NO)cc3c2=O)c1. The molecule has 132 valence electrons. The fourth-order valence-electron chi connectivity index (χ4n) is 2.68. The van der Waals surface area contributed by atoms with Crippen LogP contribution in [0, 0.1) is 0 Å². The molecule has 0 atom stereocenters. The highest BCUT2D eigenvalue weighted by Crippen LogP contribution is 2.15. The molecule has 0 aliphatic heterocycles. The van der Waals surface area contributed by atoms with E-state index in [1.807, 2.05) is 0 Å². The van der Waals surface area contributed by atoms with E-state index in [1.165, 1.54) is 22.2 Å². The fourth-order valence-corrected chi connectivity index (χ4v) is 2.68. The number of fused-ring (bicyclic) bond motifs is 1. The summed E-state index contributed by atoms with van der Waals surface area (Å²) in [6.45, 7) is 0.236. The minimum atomic E-state index is -1.17. The van der Waals surface area contributed by atoms with Gasteiger partial charge < -0.3 is 9.67 Å². The number of carboxylic acid groups (broad SMARTS) is 1. The van der Waals surface area contributed by atoms with Crippen molar-refractivity contribution in [2.45, 2.75) is 6.54 Å². The van der Waals surface area contributed by atoms with Gasteiger partial charge >= 0.3 is 6.09 Å². The number of nitrogens with one attached hydrogen (secondary N) is 2. The quantitative estimate of drug-likeness (QED) is 0.423. The standard InChI is InChI=1S/C18H15N3O5/c22-16(20-26)13-5-4-12-6-7-21(17(23)15(12)9-13)10-11-2-1-3-14(8-11)19-18(24)25/h1-9,19,26H,10H2,(H,20,22)(H,24,25). The number of aromatic nitrogens is 1. The van der Waals surface area contributed by atoms with Gasteiger partial charge in [0.25, 0.3) is 11.5 Å². The number of benzene rings is 2. The minimum absolute atomic E-state index is 0.169.